The Bertz CT molecular complexity index is 667. The highest BCUT2D eigenvalue weighted by Gasteiger charge is 2.19. The lowest BCUT2D eigenvalue weighted by atomic mass is 10.2. The molecule has 1 aromatic carbocycles. The van der Waals surface area contributed by atoms with Crippen LogP contribution in [0.3, 0.4) is 0 Å². The van der Waals surface area contributed by atoms with Crippen LogP contribution in [0.15, 0.2) is 28.8 Å². The molecule has 0 aliphatic rings. The number of fused-ring (bicyclic) bond motifs is 1. The monoisotopic (exact) mass is 314 g/mol. The van der Waals surface area contributed by atoms with Crippen molar-refractivity contribution < 1.29 is 12.9 Å². The fourth-order valence-corrected chi connectivity index (χ4v) is 3.90. The molecule has 0 saturated heterocycles. The molecule has 110 valence electrons. The Morgan fingerprint density at radius 1 is 1.40 bits per heavy atom. The molecule has 1 heterocycles. The molecule has 1 atom stereocenters. The summed E-state index contributed by atoms with van der Waals surface area (Å²) in [6.45, 7) is 1.87. The number of hydrogen-bond donors (Lipinski definition) is 1. The Hall–Kier alpha value is -1.05. The molecule has 1 unspecified atom stereocenters. The molecule has 0 saturated carbocycles. The molecule has 0 aliphatic carbocycles. The van der Waals surface area contributed by atoms with Crippen LogP contribution in [0.4, 0.5) is 0 Å². The molecule has 7 heteroatoms. The van der Waals surface area contributed by atoms with Gasteiger partial charge in [-0.05, 0) is 37.5 Å². The van der Waals surface area contributed by atoms with Gasteiger partial charge in [0.25, 0.3) is 0 Å². The maximum Gasteiger partial charge on any atom is 0.217 e. The maximum absolute atomic E-state index is 12.1. The molecular formula is C13H18N2O3S2. The number of rotatable bonds is 7. The lowest BCUT2D eigenvalue weighted by Gasteiger charge is -2.12. The van der Waals surface area contributed by atoms with Gasteiger partial charge in [0, 0.05) is 11.4 Å². The number of thioether (sulfide) groups is 1. The van der Waals surface area contributed by atoms with Crippen LogP contribution in [0.25, 0.3) is 11.0 Å². The second-order valence-electron chi connectivity index (χ2n) is 4.68. The molecule has 0 amide bonds. The van der Waals surface area contributed by atoms with Crippen LogP contribution < -0.4 is 4.72 Å². The van der Waals surface area contributed by atoms with Gasteiger partial charge < -0.3 is 4.52 Å². The number of nitrogens with one attached hydrogen (secondary N) is 1. The van der Waals surface area contributed by atoms with Crippen molar-refractivity contribution in [3.05, 3.63) is 30.0 Å². The van der Waals surface area contributed by atoms with Crippen LogP contribution in [0.2, 0.25) is 0 Å². The molecule has 0 aliphatic heterocycles. The number of sulfonamides is 1. The van der Waals surface area contributed by atoms with Crippen molar-refractivity contribution in [1.29, 1.82) is 0 Å². The zero-order valence-electron chi connectivity index (χ0n) is 11.5. The lowest BCUT2D eigenvalue weighted by Crippen LogP contribution is -2.34. The van der Waals surface area contributed by atoms with Gasteiger partial charge in [0.2, 0.25) is 10.0 Å². The minimum atomic E-state index is -3.41. The van der Waals surface area contributed by atoms with Crippen LogP contribution in [0.1, 0.15) is 19.0 Å². The third-order valence-corrected chi connectivity index (χ3v) is 4.97. The Balaban J connectivity index is 2.08. The zero-order valence-corrected chi connectivity index (χ0v) is 13.1. The average Bonchev–Trinajstić information content (AvgIpc) is 2.79. The Kier molecular flexibility index (Phi) is 5.06. The first kappa shape index (κ1) is 15.3. The molecule has 2 aromatic rings. The summed E-state index contributed by atoms with van der Waals surface area (Å²) < 4.78 is 32.0. The smallest absolute Gasteiger partial charge is 0.217 e. The highest BCUT2D eigenvalue weighted by Crippen LogP contribution is 2.19. The summed E-state index contributed by atoms with van der Waals surface area (Å²) in [6.07, 6.45) is 2.81. The van der Waals surface area contributed by atoms with Crippen LogP contribution in [-0.4, -0.2) is 31.6 Å². The predicted molar refractivity (Wildman–Crippen MR) is 82.2 cm³/mol. The molecular weight excluding hydrogens is 296 g/mol. The van der Waals surface area contributed by atoms with E-state index in [1.807, 2.05) is 31.4 Å². The van der Waals surface area contributed by atoms with Gasteiger partial charge in [-0.3, -0.25) is 0 Å². The van der Waals surface area contributed by atoms with E-state index in [0.29, 0.717) is 11.3 Å². The topological polar surface area (TPSA) is 72.2 Å². The molecule has 2 rings (SSSR count). The standard InChI is InChI=1S/C13H18N2O3S2/c1-10(7-8-19-2)15-20(16,17)9-12-11-5-3-4-6-13(11)18-14-12/h3-6,10,15H,7-9H2,1-2H3. The molecule has 0 spiro atoms. The summed E-state index contributed by atoms with van der Waals surface area (Å²) in [7, 11) is -3.41. The van der Waals surface area contributed by atoms with Gasteiger partial charge in [-0.25, -0.2) is 13.1 Å². The van der Waals surface area contributed by atoms with E-state index in [4.69, 9.17) is 4.52 Å². The van der Waals surface area contributed by atoms with Crippen molar-refractivity contribution in [1.82, 2.24) is 9.88 Å². The number of benzene rings is 1. The molecule has 1 aromatic heterocycles. The summed E-state index contributed by atoms with van der Waals surface area (Å²) in [5.74, 6) is 0.768. The van der Waals surface area contributed by atoms with Crippen LogP contribution in [0.5, 0.6) is 0 Å². The quantitative estimate of drug-likeness (QED) is 0.849. The average molecular weight is 314 g/mol. The van der Waals surface area contributed by atoms with Crippen molar-refractivity contribution in [2.75, 3.05) is 12.0 Å². The number of aromatic nitrogens is 1. The van der Waals surface area contributed by atoms with Crippen LogP contribution >= 0.6 is 11.8 Å². The number of para-hydroxylation sites is 1. The van der Waals surface area contributed by atoms with Gasteiger partial charge in [-0.2, -0.15) is 11.8 Å². The largest absolute Gasteiger partial charge is 0.356 e. The third-order valence-electron chi connectivity index (χ3n) is 2.91. The number of hydrogen-bond acceptors (Lipinski definition) is 5. The first-order chi connectivity index (χ1) is 9.52. The highest BCUT2D eigenvalue weighted by atomic mass is 32.2. The fraction of sp³-hybridized carbons (Fsp3) is 0.462. The van der Waals surface area contributed by atoms with Crippen molar-refractivity contribution in [2.24, 2.45) is 0 Å². The summed E-state index contributed by atoms with van der Waals surface area (Å²) >= 11 is 1.70. The highest BCUT2D eigenvalue weighted by molar-refractivity contribution is 7.98. The predicted octanol–water partition coefficient (Wildman–Crippen LogP) is 2.39. The summed E-state index contributed by atoms with van der Waals surface area (Å²) in [5.41, 5.74) is 1.05. The second kappa shape index (κ2) is 6.60. The normalized spacial score (nSPS) is 13.7. The second-order valence-corrected chi connectivity index (χ2v) is 7.42. The van der Waals surface area contributed by atoms with Gasteiger partial charge in [0.05, 0.1) is 0 Å². The van der Waals surface area contributed by atoms with Crippen molar-refractivity contribution in [3.63, 3.8) is 0 Å². The Morgan fingerprint density at radius 3 is 2.90 bits per heavy atom. The van der Waals surface area contributed by atoms with E-state index < -0.39 is 10.0 Å². The molecule has 5 nitrogen and oxygen atoms in total. The van der Waals surface area contributed by atoms with Crippen molar-refractivity contribution >= 4 is 32.8 Å². The summed E-state index contributed by atoms with van der Waals surface area (Å²) in [6, 6.07) is 7.17. The summed E-state index contributed by atoms with van der Waals surface area (Å²) in [4.78, 5) is 0. The Labute approximate surface area is 123 Å². The number of nitrogens with zero attached hydrogens (tertiary/aromatic N) is 1. The van der Waals surface area contributed by atoms with Gasteiger partial charge >= 0.3 is 0 Å². The third kappa shape index (κ3) is 3.97. The molecule has 0 radical (unpaired) electrons. The van der Waals surface area contributed by atoms with Gasteiger partial charge in [-0.1, -0.05) is 17.3 Å². The Morgan fingerprint density at radius 2 is 2.15 bits per heavy atom. The van der Waals surface area contributed by atoms with Gasteiger partial charge in [0.15, 0.2) is 5.58 Å². The first-order valence-electron chi connectivity index (χ1n) is 6.34. The van der Waals surface area contributed by atoms with E-state index in [-0.39, 0.29) is 11.8 Å². The molecule has 1 N–H and O–H groups in total. The van der Waals surface area contributed by atoms with E-state index in [1.165, 1.54) is 0 Å². The minimum Gasteiger partial charge on any atom is -0.356 e. The fourth-order valence-electron chi connectivity index (χ4n) is 1.92. The molecule has 0 bridgehead atoms. The van der Waals surface area contributed by atoms with E-state index in [9.17, 15) is 8.42 Å². The van der Waals surface area contributed by atoms with E-state index >= 15 is 0 Å². The molecule has 0 fully saturated rings. The molecule has 20 heavy (non-hydrogen) atoms. The van der Waals surface area contributed by atoms with Crippen molar-refractivity contribution in [2.45, 2.75) is 25.1 Å². The van der Waals surface area contributed by atoms with E-state index in [1.54, 1.807) is 17.8 Å². The van der Waals surface area contributed by atoms with Crippen LogP contribution in [-0.2, 0) is 15.8 Å². The first-order valence-corrected chi connectivity index (χ1v) is 9.38. The van der Waals surface area contributed by atoms with E-state index in [2.05, 4.69) is 9.88 Å². The lowest BCUT2D eigenvalue weighted by molar-refractivity contribution is 0.448. The summed E-state index contributed by atoms with van der Waals surface area (Å²) in [5, 5.41) is 4.60. The minimum absolute atomic E-state index is 0.0781. The zero-order chi connectivity index (χ0) is 14.6. The maximum atomic E-state index is 12.1. The van der Waals surface area contributed by atoms with E-state index in [0.717, 1.165) is 17.6 Å². The van der Waals surface area contributed by atoms with Crippen LogP contribution in [0, 0.1) is 0 Å². The SMILES string of the molecule is CSCCC(C)NS(=O)(=O)Cc1noc2ccccc12. The van der Waals surface area contributed by atoms with Gasteiger partial charge in [0.1, 0.15) is 11.4 Å². The van der Waals surface area contributed by atoms with Gasteiger partial charge in [-0.15, -0.1) is 0 Å². The van der Waals surface area contributed by atoms with Crippen molar-refractivity contribution in [3.8, 4) is 0 Å².